The van der Waals surface area contributed by atoms with Gasteiger partial charge in [-0.3, -0.25) is 9.59 Å². The van der Waals surface area contributed by atoms with E-state index in [2.05, 4.69) is 5.32 Å². The minimum Gasteiger partial charge on any atom is -0.480 e. The number of carbonyl (C=O) groups is 2. The van der Waals surface area contributed by atoms with Crippen LogP contribution in [0.25, 0.3) is 0 Å². The predicted octanol–water partition coefficient (Wildman–Crippen LogP) is -1.74. The highest BCUT2D eigenvalue weighted by Crippen LogP contribution is 2.45. The topological polar surface area (TPSA) is 127 Å². The monoisotopic (exact) mass is 236 g/mol. The van der Waals surface area contributed by atoms with Crippen molar-refractivity contribution in [2.45, 2.75) is 12.8 Å². The lowest BCUT2D eigenvalue weighted by atomic mass is 10.1. The van der Waals surface area contributed by atoms with E-state index in [-0.39, 0.29) is 6.54 Å². The van der Waals surface area contributed by atoms with Crippen molar-refractivity contribution in [3.8, 4) is 0 Å². The second kappa shape index (κ2) is 3.78. The lowest BCUT2D eigenvalue weighted by Crippen LogP contribution is -2.39. The highest BCUT2D eigenvalue weighted by molar-refractivity contribution is 7.89. The second-order valence-electron chi connectivity index (χ2n) is 3.51. The summed E-state index contributed by atoms with van der Waals surface area (Å²) in [4.78, 5) is 22.0. The van der Waals surface area contributed by atoms with Crippen LogP contribution >= 0.6 is 0 Å². The summed E-state index contributed by atoms with van der Waals surface area (Å²) >= 11 is 0. The van der Waals surface area contributed by atoms with Crippen LogP contribution in [-0.4, -0.2) is 37.7 Å². The summed E-state index contributed by atoms with van der Waals surface area (Å²) in [5.74, 6) is -2.21. The van der Waals surface area contributed by atoms with Crippen LogP contribution in [0, 0.1) is 5.41 Å². The average molecular weight is 236 g/mol. The van der Waals surface area contributed by atoms with Gasteiger partial charge in [-0.05, 0) is 12.8 Å². The zero-order valence-electron chi connectivity index (χ0n) is 7.89. The van der Waals surface area contributed by atoms with Gasteiger partial charge in [-0.15, -0.1) is 0 Å². The Balaban J connectivity index is 2.41. The molecule has 0 aromatic heterocycles. The molecule has 1 rings (SSSR count). The summed E-state index contributed by atoms with van der Waals surface area (Å²) in [5, 5.41) is 15.7. The van der Waals surface area contributed by atoms with Gasteiger partial charge in [0.2, 0.25) is 15.9 Å². The quantitative estimate of drug-likeness (QED) is 0.488. The normalized spacial score (nSPS) is 18.2. The van der Waals surface area contributed by atoms with E-state index >= 15 is 0 Å². The van der Waals surface area contributed by atoms with E-state index in [1.165, 1.54) is 0 Å². The van der Waals surface area contributed by atoms with Gasteiger partial charge in [0.05, 0.1) is 5.75 Å². The molecule has 86 valence electrons. The lowest BCUT2D eigenvalue weighted by Gasteiger charge is -2.09. The fourth-order valence-electron chi connectivity index (χ4n) is 1.14. The van der Waals surface area contributed by atoms with Gasteiger partial charge in [-0.2, -0.15) is 0 Å². The van der Waals surface area contributed by atoms with Gasteiger partial charge in [-0.1, -0.05) is 0 Å². The SMILES string of the molecule is NS(=O)(=O)CCNC(=O)C1(C(=O)O)CC1. The van der Waals surface area contributed by atoms with Crippen LogP contribution in [-0.2, 0) is 19.6 Å². The minimum absolute atomic E-state index is 0.160. The summed E-state index contributed by atoms with van der Waals surface area (Å²) < 4.78 is 21.0. The van der Waals surface area contributed by atoms with E-state index in [0.29, 0.717) is 12.8 Å². The minimum atomic E-state index is -3.63. The number of primary sulfonamides is 1. The Labute approximate surface area is 86.7 Å². The van der Waals surface area contributed by atoms with E-state index in [9.17, 15) is 18.0 Å². The van der Waals surface area contributed by atoms with E-state index in [4.69, 9.17) is 10.2 Å². The number of amides is 1. The molecule has 4 N–H and O–H groups in total. The van der Waals surface area contributed by atoms with Crippen LogP contribution in [0.15, 0.2) is 0 Å². The largest absolute Gasteiger partial charge is 0.480 e. The number of hydrogen-bond acceptors (Lipinski definition) is 4. The Morgan fingerprint density at radius 3 is 2.27 bits per heavy atom. The molecule has 1 amide bonds. The summed E-state index contributed by atoms with van der Waals surface area (Å²) in [6.45, 7) is -0.160. The maximum atomic E-state index is 11.3. The third-order valence-corrected chi connectivity index (χ3v) is 3.04. The highest BCUT2D eigenvalue weighted by atomic mass is 32.2. The van der Waals surface area contributed by atoms with Crippen LogP contribution < -0.4 is 10.5 Å². The Morgan fingerprint density at radius 1 is 1.40 bits per heavy atom. The van der Waals surface area contributed by atoms with Crippen molar-refractivity contribution in [1.82, 2.24) is 5.32 Å². The molecule has 0 aromatic carbocycles. The fraction of sp³-hybridized carbons (Fsp3) is 0.714. The number of nitrogens with one attached hydrogen (secondary N) is 1. The van der Waals surface area contributed by atoms with E-state index in [1.807, 2.05) is 0 Å². The molecule has 0 aromatic rings. The van der Waals surface area contributed by atoms with Gasteiger partial charge < -0.3 is 10.4 Å². The van der Waals surface area contributed by atoms with Gasteiger partial charge in [0.1, 0.15) is 5.41 Å². The van der Waals surface area contributed by atoms with Gasteiger partial charge in [-0.25, -0.2) is 13.6 Å². The van der Waals surface area contributed by atoms with Crippen LogP contribution in [0.4, 0.5) is 0 Å². The number of rotatable bonds is 5. The predicted molar refractivity (Wildman–Crippen MR) is 50.3 cm³/mol. The molecular formula is C7H12N2O5S. The number of carboxylic acids is 1. The first kappa shape index (κ1) is 11.9. The van der Waals surface area contributed by atoms with Crippen molar-refractivity contribution in [2.75, 3.05) is 12.3 Å². The number of hydrogen-bond donors (Lipinski definition) is 3. The smallest absolute Gasteiger partial charge is 0.319 e. The molecule has 8 heteroatoms. The fourth-order valence-corrected chi connectivity index (χ4v) is 1.53. The van der Waals surface area contributed by atoms with E-state index in [1.54, 1.807) is 0 Å². The number of nitrogens with two attached hydrogens (primary N) is 1. The molecule has 0 radical (unpaired) electrons. The number of sulfonamides is 1. The third-order valence-electron chi connectivity index (χ3n) is 2.27. The molecule has 1 saturated carbocycles. The number of aliphatic carboxylic acids is 1. The zero-order valence-corrected chi connectivity index (χ0v) is 8.71. The first-order chi connectivity index (χ1) is 6.78. The molecule has 1 aliphatic carbocycles. The maximum Gasteiger partial charge on any atom is 0.319 e. The van der Waals surface area contributed by atoms with Crippen LogP contribution in [0.3, 0.4) is 0 Å². The van der Waals surface area contributed by atoms with E-state index < -0.39 is 33.1 Å². The van der Waals surface area contributed by atoms with Gasteiger partial charge in [0.15, 0.2) is 0 Å². The maximum absolute atomic E-state index is 11.3. The molecule has 0 spiro atoms. The molecule has 0 unspecified atom stereocenters. The molecule has 1 aliphatic rings. The van der Waals surface area contributed by atoms with Crippen LogP contribution in [0.2, 0.25) is 0 Å². The van der Waals surface area contributed by atoms with Crippen molar-refractivity contribution < 1.29 is 23.1 Å². The second-order valence-corrected chi connectivity index (χ2v) is 5.24. The molecule has 0 atom stereocenters. The standard InChI is InChI=1S/C7H12N2O5S/c8-15(13,14)4-3-9-5(10)7(1-2-7)6(11)12/h1-4H2,(H,9,10)(H,11,12)(H2,8,13,14). The van der Waals surface area contributed by atoms with Crippen molar-refractivity contribution in [3.63, 3.8) is 0 Å². The third kappa shape index (κ3) is 2.90. The highest BCUT2D eigenvalue weighted by Gasteiger charge is 2.56. The first-order valence-corrected chi connectivity index (χ1v) is 6.02. The van der Waals surface area contributed by atoms with Gasteiger partial charge in [0, 0.05) is 6.54 Å². The molecule has 1 fully saturated rings. The Morgan fingerprint density at radius 2 is 1.93 bits per heavy atom. The van der Waals surface area contributed by atoms with Crippen molar-refractivity contribution >= 4 is 21.9 Å². The zero-order chi connectivity index (χ0) is 11.7. The molecular weight excluding hydrogens is 224 g/mol. The molecule has 0 heterocycles. The first-order valence-electron chi connectivity index (χ1n) is 4.30. The van der Waals surface area contributed by atoms with Crippen LogP contribution in [0.1, 0.15) is 12.8 Å². The van der Waals surface area contributed by atoms with Crippen molar-refractivity contribution in [2.24, 2.45) is 10.6 Å². The molecule has 0 aliphatic heterocycles. The summed E-state index contributed by atoms with van der Waals surface area (Å²) in [6.07, 6.45) is 0.590. The molecule has 7 nitrogen and oxygen atoms in total. The van der Waals surface area contributed by atoms with Crippen molar-refractivity contribution in [3.05, 3.63) is 0 Å². The van der Waals surface area contributed by atoms with Crippen LogP contribution in [0.5, 0.6) is 0 Å². The van der Waals surface area contributed by atoms with Gasteiger partial charge >= 0.3 is 5.97 Å². The van der Waals surface area contributed by atoms with Crippen molar-refractivity contribution in [1.29, 1.82) is 0 Å². The van der Waals surface area contributed by atoms with E-state index in [0.717, 1.165) is 0 Å². The summed E-state index contributed by atoms with van der Waals surface area (Å²) in [6, 6.07) is 0. The Hall–Kier alpha value is -1.15. The number of carboxylic acid groups (broad SMARTS) is 1. The molecule has 0 saturated heterocycles. The Bertz CT molecular complexity index is 384. The average Bonchev–Trinajstić information content (AvgIpc) is 2.80. The molecule has 0 bridgehead atoms. The van der Waals surface area contributed by atoms with Gasteiger partial charge in [0.25, 0.3) is 0 Å². The Kier molecular flexibility index (Phi) is 3.00. The molecule has 15 heavy (non-hydrogen) atoms. The summed E-state index contributed by atoms with van der Waals surface area (Å²) in [7, 11) is -3.63. The summed E-state index contributed by atoms with van der Waals surface area (Å²) in [5.41, 5.74) is -1.33. The number of carbonyl (C=O) groups excluding carboxylic acids is 1. The lowest BCUT2D eigenvalue weighted by molar-refractivity contribution is -0.148.